The monoisotopic (exact) mass is 1080 g/mol. The van der Waals surface area contributed by atoms with Crippen molar-refractivity contribution in [3.63, 3.8) is 0 Å². The zero-order valence-electron chi connectivity index (χ0n) is 45.8. The van der Waals surface area contributed by atoms with Crippen molar-refractivity contribution in [3.8, 4) is 0 Å². The average molecular weight is 1080 g/mol. The molecule has 4 aliphatic rings. The summed E-state index contributed by atoms with van der Waals surface area (Å²) in [5.74, 6) is -4.27. The van der Waals surface area contributed by atoms with E-state index in [0.29, 0.717) is 98.3 Å². The minimum absolute atomic E-state index is 0.0106. The fourth-order valence-electron chi connectivity index (χ4n) is 9.38. The van der Waals surface area contributed by atoms with Crippen molar-refractivity contribution < 1.29 is 67.0 Å². The van der Waals surface area contributed by atoms with Crippen LogP contribution in [0.15, 0.2) is 54.6 Å². The lowest BCUT2D eigenvalue weighted by Gasteiger charge is -2.39. The van der Waals surface area contributed by atoms with Gasteiger partial charge in [-0.05, 0) is 130 Å². The molecule has 22 heteroatoms. The van der Waals surface area contributed by atoms with Gasteiger partial charge in [-0.25, -0.2) is 14.4 Å². The number of amides is 11. The lowest BCUT2D eigenvalue weighted by Crippen LogP contribution is -2.58. The van der Waals surface area contributed by atoms with Gasteiger partial charge in [0.25, 0.3) is 23.6 Å². The van der Waals surface area contributed by atoms with E-state index in [0.717, 1.165) is 12.8 Å². The van der Waals surface area contributed by atoms with Crippen LogP contribution in [0.3, 0.4) is 0 Å². The van der Waals surface area contributed by atoms with Gasteiger partial charge in [-0.3, -0.25) is 48.2 Å². The number of piperidine rings is 1. The second-order valence-corrected chi connectivity index (χ2v) is 22.0. The fraction of sp³-hybridized carbons (Fsp3) is 0.554. The van der Waals surface area contributed by atoms with Crippen molar-refractivity contribution in [1.82, 2.24) is 30.7 Å². The first-order chi connectivity index (χ1) is 36.9. The lowest BCUT2D eigenvalue weighted by atomic mass is 9.67. The quantitative estimate of drug-likeness (QED) is 0.0398. The Balaban J connectivity index is 1.04. The number of anilines is 2. The van der Waals surface area contributed by atoms with Gasteiger partial charge in [0, 0.05) is 68.1 Å². The molecule has 2 aromatic rings. The molecule has 6 rings (SSSR count). The van der Waals surface area contributed by atoms with Crippen LogP contribution < -0.4 is 26.2 Å². The molecule has 1 saturated carbocycles. The number of ether oxygens (including phenoxy) is 3. The Morgan fingerprint density at radius 1 is 0.756 bits per heavy atom. The molecule has 2 atom stereocenters. The molecule has 0 spiro atoms. The van der Waals surface area contributed by atoms with E-state index < -0.39 is 82.4 Å². The van der Waals surface area contributed by atoms with Crippen LogP contribution in [0, 0.1) is 5.41 Å². The molecule has 4 N–H and O–H groups in total. The van der Waals surface area contributed by atoms with Crippen molar-refractivity contribution >= 4 is 76.9 Å². The Morgan fingerprint density at radius 2 is 1.38 bits per heavy atom. The maximum absolute atomic E-state index is 14.2. The molecule has 422 valence electrons. The van der Waals surface area contributed by atoms with Gasteiger partial charge >= 0.3 is 18.3 Å². The minimum Gasteiger partial charge on any atom is -0.444 e. The number of benzene rings is 2. The van der Waals surface area contributed by atoms with Crippen molar-refractivity contribution in [2.45, 2.75) is 168 Å². The molecule has 1 saturated heterocycles. The number of likely N-dealkylation sites (tertiary alicyclic amines) is 1. The van der Waals surface area contributed by atoms with Crippen LogP contribution in [0.5, 0.6) is 0 Å². The number of carbonyl (C=O) groups is 11. The van der Waals surface area contributed by atoms with Gasteiger partial charge < -0.3 is 40.4 Å². The lowest BCUT2D eigenvalue weighted by molar-refractivity contribution is -0.152. The normalized spacial score (nSPS) is 17.2. The molecule has 3 heterocycles. The number of carbonyl (C=O) groups excluding carboxylic acids is 11. The number of unbranched alkanes of at least 4 members (excludes halogenated alkanes) is 6. The smallest absolute Gasteiger partial charge is 0.424 e. The Bertz CT molecular complexity index is 2630. The van der Waals surface area contributed by atoms with Crippen LogP contribution >= 0.6 is 0 Å². The van der Waals surface area contributed by atoms with Gasteiger partial charge in [0.15, 0.2) is 0 Å². The molecule has 22 nitrogen and oxygen atoms in total. The summed E-state index contributed by atoms with van der Waals surface area (Å²) in [6, 6.07) is 9.32. The molecule has 2 aromatic carbocycles. The molecule has 0 bridgehead atoms. The van der Waals surface area contributed by atoms with E-state index in [1.165, 1.54) is 33.8 Å². The zero-order valence-corrected chi connectivity index (χ0v) is 45.8. The number of alkyl carbamates (subject to hydrolysis) is 1. The fourth-order valence-corrected chi connectivity index (χ4v) is 9.38. The minimum atomic E-state index is -1.30. The predicted molar refractivity (Wildman–Crippen MR) is 284 cm³/mol. The predicted octanol–water partition coefficient (Wildman–Crippen LogP) is 6.54. The first kappa shape index (κ1) is 59.6. The van der Waals surface area contributed by atoms with Gasteiger partial charge in [0.1, 0.15) is 35.3 Å². The van der Waals surface area contributed by atoms with E-state index in [1.807, 2.05) is 0 Å². The number of nitrogens with one attached hydrogen (secondary N) is 4. The van der Waals surface area contributed by atoms with Crippen LogP contribution in [-0.2, 0) is 60.9 Å². The molecule has 0 aromatic heterocycles. The first-order valence-electron chi connectivity index (χ1n) is 26.9. The SMILES string of the molecule is C[C@H](NC(=O)C1(C(=O)NCCCCCN2C(=O)C=CC2=O)CCC1)C(=O)Nc1ccc(COC(=O)N(CCCCCCCNC(=O)OC(C)(C)C)c2cccc3c2CN(C2CCC(=O)N(C(=O)OC(C)(C)C)C2=O)C3=O)cc1. The standard InChI is InChI=1S/C56H74N8O14/c1-36(59-50(72)56(28-17-29-56)49(71)57-30-13-11-15-33-62-43(65)26-27-44(62)66)46(68)60-38-22-20-37(21-23-38)35-76-52(74)61(32-14-10-8-9-12-31-58-51(73)77-54(2,3)4)41-19-16-18-39-40(41)34-63(47(39)69)42-24-25-45(67)64(48(42)70)53(75)78-55(5,6)7/h16,18-23,26-27,36,42H,8-15,17,24-25,28-35H2,1-7H3,(H,57,71)(H,58,73)(H,59,72)(H,60,68)/t36-,42?/m0/s1. The Hall–Kier alpha value is -7.65. The van der Waals surface area contributed by atoms with E-state index >= 15 is 0 Å². The Kier molecular flexibility index (Phi) is 20.0. The van der Waals surface area contributed by atoms with Gasteiger partial charge in [0.05, 0.1) is 5.69 Å². The number of imide groups is 4. The third-order valence-electron chi connectivity index (χ3n) is 13.7. The van der Waals surface area contributed by atoms with E-state index in [-0.39, 0.29) is 56.5 Å². The summed E-state index contributed by atoms with van der Waals surface area (Å²) in [5, 5.41) is 11.1. The van der Waals surface area contributed by atoms with Crippen LogP contribution in [0.25, 0.3) is 0 Å². The van der Waals surface area contributed by atoms with Gasteiger partial charge in [-0.2, -0.15) is 4.90 Å². The first-order valence-corrected chi connectivity index (χ1v) is 26.9. The van der Waals surface area contributed by atoms with Crippen molar-refractivity contribution in [3.05, 3.63) is 71.3 Å². The number of nitrogens with zero attached hydrogens (tertiary/aromatic N) is 4. The molecule has 3 aliphatic heterocycles. The highest BCUT2D eigenvalue weighted by Gasteiger charge is 2.51. The largest absolute Gasteiger partial charge is 0.444 e. The molecule has 0 radical (unpaired) electrons. The molecule has 1 aliphatic carbocycles. The second-order valence-electron chi connectivity index (χ2n) is 22.0. The van der Waals surface area contributed by atoms with E-state index in [1.54, 1.807) is 84.0 Å². The maximum atomic E-state index is 14.2. The summed E-state index contributed by atoms with van der Waals surface area (Å²) in [7, 11) is 0. The maximum Gasteiger partial charge on any atom is 0.424 e. The van der Waals surface area contributed by atoms with Gasteiger partial charge in [-0.1, -0.05) is 43.9 Å². The summed E-state index contributed by atoms with van der Waals surface area (Å²) in [6.45, 7) is 12.7. The summed E-state index contributed by atoms with van der Waals surface area (Å²) < 4.78 is 16.5. The van der Waals surface area contributed by atoms with Crippen molar-refractivity contribution in [2.75, 3.05) is 36.4 Å². The van der Waals surface area contributed by atoms with Crippen LogP contribution in [0.1, 0.15) is 153 Å². The number of hydrogen-bond donors (Lipinski definition) is 4. The molecule has 11 amide bonds. The van der Waals surface area contributed by atoms with Crippen molar-refractivity contribution in [1.29, 1.82) is 0 Å². The highest BCUT2D eigenvalue weighted by atomic mass is 16.6. The average Bonchev–Trinajstić information content (AvgIpc) is 3.89. The molecule has 2 fully saturated rings. The van der Waals surface area contributed by atoms with Crippen LogP contribution in [0.2, 0.25) is 0 Å². The van der Waals surface area contributed by atoms with Crippen LogP contribution in [0.4, 0.5) is 25.8 Å². The highest BCUT2D eigenvalue weighted by Crippen LogP contribution is 2.42. The van der Waals surface area contributed by atoms with Gasteiger partial charge in [-0.15, -0.1) is 0 Å². The third-order valence-corrected chi connectivity index (χ3v) is 13.7. The summed E-state index contributed by atoms with van der Waals surface area (Å²) in [6.07, 6.45) is 6.68. The summed E-state index contributed by atoms with van der Waals surface area (Å²) >= 11 is 0. The van der Waals surface area contributed by atoms with Gasteiger partial charge in [0.2, 0.25) is 23.6 Å². The molecular formula is C56H74N8O14. The molecule has 78 heavy (non-hydrogen) atoms. The van der Waals surface area contributed by atoms with E-state index in [2.05, 4.69) is 21.3 Å². The third kappa shape index (κ3) is 15.5. The Labute approximate surface area is 454 Å². The highest BCUT2D eigenvalue weighted by molar-refractivity contribution is 6.14. The summed E-state index contributed by atoms with van der Waals surface area (Å²) in [5.41, 5.74) is -0.817. The number of hydrogen-bond acceptors (Lipinski definition) is 14. The van der Waals surface area contributed by atoms with Crippen LogP contribution in [-0.4, -0.2) is 130 Å². The zero-order chi connectivity index (χ0) is 57.0. The molecular weight excluding hydrogens is 1010 g/mol. The number of fused-ring (bicyclic) bond motifs is 1. The second kappa shape index (κ2) is 26.1. The number of rotatable bonds is 23. The Morgan fingerprint density at radius 3 is 2.03 bits per heavy atom. The topological polar surface area (TPSA) is 277 Å². The molecule has 1 unspecified atom stereocenters. The summed E-state index contributed by atoms with van der Waals surface area (Å²) in [4.78, 5) is 148. The van der Waals surface area contributed by atoms with Crippen molar-refractivity contribution in [2.24, 2.45) is 5.41 Å². The van der Waals surface area contributed by atoms with E-state index in [9.17, 15) is 52.7 Å². The van der Waals surface area contributed by atoms with E-state index in [4.69, 9.17) is 14.2 Å².